The lowest BCUT2D eigenvalue weighted by Crippen LogP contribution is -2.24. The monoisotopic (exact) mass is 314 g/mol. The van der Waals surface area contributed by atoms with Crippen LogP contribution >= 0.6 is 11.6 Å². The predicted octanol–water partition coefficient (Wildman–Crippen LogP) is 1.56. The second kappa shape index (κ2) is 5.51. The molecule has 2 rings (SSSR count). The van der Waals surface area contributed by atoms with E-state index in [1.165, 1.54) is 6.20 Å². The molecule has 2 aromatic heterocycles. The largest absolute Gasteiger partial charge is 0.271 e. The van der Waals surface area contributed by atoms with Crippen LogP contribution in [0.3, 0.4) is 0 Å². The van der Waals surface area contributed by atoms with E-state index in [1.807, 2.05) is 0 Å². The highest BCUT2D eigenvalue weighted by molar-refractivity contribution is 7.89. The van der Waals surface area contributed by atoms with Crippen LogP contribution in [0, 0.1) is 13.8 Å². The van der Waals surface area contributed by atoms with Crippen LogP contribution in [0.2, 0.25) is 5.15 Å². The van der Waals surface area contributed by atoms with Crippen LogP contribution < -0.4 is 4.72 Å². The van der Waals surface area contributed by atoms with Crippen LogP contribution in [-0.2, 0) is 23.6 Å². The van der Waals surface area contributed by atoms with E-state index in [1.54, 1.807) is 37.7 Å². The topological polar surface area (TPSA) is 76.9 Å². The summed E-state index contributed by atoms with van der Waals surface area (Å²) in [5.41, 5.74) is 1.82. The smallest absolute Gasteiger partial charge is 0.244 e. The molecule has 0 radical (unpaired) electrons. The van der Waals surface area contributed by atoms with Gasteiger partial charge in [-0.05, 0) is 31.5 Å². The van der Waals surface area contributed by atoms with Gasteiger partial charge in [-0.25, -0.2) is 18.1 Å². The quantitative estimate of drug-likeness (QED) is 0.869. The molecule has 108 valence electrons. The molecule has 0 bridgehead atoms. The number of halogens is 1. The zero-order valence-corrected chi connectivity index (χ0v) is 13.0. The molecule has 2 aromatic rings. The SMILES string of the molecule is Cc1nn(C)c(C)c1S(=O)(=O)NCc1ccnc(Cl)c1. The second-order valence-electron chi connectivity index (χ2n) is 4.43. The Hall–Kier alpha value is -1.44. The molecule has 20 heavy (non-hydrogen) atoms. The van der Waals surface area contributed by atoms with E-state index in [9.17, 15) is 8.42 Å². The molecule has 0 aliphatic heterocycles. The molecule has 0 aromatic carbocycles. The Labute approximate surface area is 122 Å². The van der Waals surface area contributed by atoms with Crippen molar-refractivity contribution >= 4 is 21.6 Å². The van der Waals surface area contributed by atoms with Gasteiger partial charge in [-0.1, -0.05) is 11.6 Å². The zero-order chi connectivity index (χ0) is 14.9. The summed E-state index contributed by atoms with van der Waals surface area (Å²) in [6.07, 6.45) is 1.53. The van der Waals surface area contributed by atoms with Crippen molar-refractivity contribution in [2.45, 2.75) is 25.3 Å². The lowest BCUT2D eigenvalue weighted by Gasteiger charge is -2.07. The summed E-state index contributed by atoms with van der Waals surface area (Å²) in [7, 11) is -1.90. The summed E-state index contributed by atoms with van der Waals surface area (Å²) in [6, 6.07) is 3.32. The Morgan fingerprint density at radius 3 is 2.65 bits per heavy atom. The molecule has 0 saturated heterocycles. The van der Waals surface area contributed by atoms with Crippen molar-refractivity contribution in [3.8, 4) is 0 Å². The first-order valence-corrected chi connectivity index (χ1v) is 7.77. The average Bonchev–Trinajstić information content (AvgIpc) is 2.61. The number of pyridine rings is 1. The normalized spacial score (nSPS) is 11.8. The number of nitrogens with one attached hydrogen (secondary N) is 1. The van der Waals surface area contributed by atoms with Crippen molar-refractivity contribution < 1.29 is 8.42 Å². The van der Waals surface area contributed by atoms with E-state index in [4.69, 9.17) is 11.6 Å². The fraction of sp³-hybridized carbons (Fsp3) is 0.333. The average molecular weight is 315 g/mol. The molecule has 0 atom stereocenters. The van der Waals surface area contributed by atoms with Crippen LogP contribution in [0.15, 0.2) is 23.2 Å². The first-order valence-electron chi connectivity index (χ1n) is 5.91. The van der Waals surface area contributed by atoms with Crippen LogP contribution in [0.1, 0.15) is 17.0 Å². The van der Waals surface area contributed by atoms with Crippen molar-refractivity contribution in [2.24, 2.45) is 7.05 Å². The summed E-state index contributed by atoms with van der Waals surface area (Å²) in [5, 5.41) is 4.44. The third-order valence-electron chi connectivity index (χ3n) is 2.97. The number of hydrogen-bond acceptors (Lipinski definition) is 4. The zero-order valence-electron chi connectivity index (χ0n) is 11.4. The van der Waals surface area contributed by atoms with Crippen LogP contribution in [-0.4, -0.2) is 23.2 Å². The molecule has 0 aliphatic carbocycles. The van der Waals surface area contributed by atoms with Crippen molar-refractivity contribution in [1.29, 1.82) is 0 Å². The third-order valence-corrected chi connectivity index (χ3v) is 4.83. The maximum absolute atomic E-state index is 12.3. The van der Waals surface area contributed by atoms with Crippen molar-refractivity contribution in [3.05, 3.63) is 40.4 Å². The van der Waals surface area contributed by atoms with Crippen LogP contribution in [0.5, 0.6) is 0 Å². The summed E-state index contributed by atoms with van der Waals surface area (Å²) in [6.45, 7) is 3.54. The predicted molar refractivity (Wildman–Crippen MR) is 76.0 cm³/mol. The highest BCUT2D eigenvalue weighted by atomic mass is 35.5. The first kappa shape index (κ1) is 15.0. The summed E-state index contributed by atoms with van der Waals surface area (Å²) >= 11 is 5.76. The number of rotatable bonds is 4. The van der Waals surface area contributed by atoms with Crippen molar-refractivity contribution in [1.82, 2.24) is 19.5 Å². The van der Waals surface area contributed by atoms with E-state index >= 15 is 0 Å². The Kier molecular flexibility index (Phi) is 4.12. The minimum absolute atomic E-state index is 0.151. The third kappa shape index (κ3) is 3.00. The van der Waals surface area contributed by atoms with Gasteiger partial charge < -0.3 is 0 Å². The molecular weight excluding hydrogens is 300 g/mol. The second-order valence-corrected chi connectivity index (χ2v) is 6.53. The summed E-state index contributed by atoms with van der Waals surface area (Å²) < 4.78 is 28.8. The number of hydrogen-bond donors (Lipinski definition) is 1. The van der Waals surface area contributed by atoms with Gasteiger partial charge in [0.25, 0.3) is 0 Å². The van der Waals surface area contributed by atoms with Crippen LogP contribution in [0.25, 0.3) is 0 Å². The molecule has 8 heteroatoms. The molecule has 0 unspecified atom stereocenters. The number of aryl methyl sites for hydroxylation is 2. The van der Waals surface area contributed by atoms with E-state index in [0.29, 0.717) is 16.5 Å². The molecule has 0 spiro atoms. The highest BCUT2D eigenvalue weighted by Crippen LogP contribution is 2.18. The maximum atomic E-state index is 12.3. The highest BCUT2D eigenvalue weighted by Gasteiger charge is 2.23. The molecule has 2 heterocycles. The van der Waals surface area contributed by atoms with Gasteiger partial charge in [0.2, 0.25) is 10.0 Å². The lowest BCUT2D eigenvalue weighted by molar-refractivity contribution is 0.579. The van der Waals surface area contributed by atoms with Gasteiger partial charge in [0.05, 0.1) is 11.4 Å². The fourth-order valence-electron chi connectivity index (χ4n) is 1.95. The summed E-state index contributed by atoms with van der Waals surface area (Å²) in [5.74, 6) is 0. The number of nitrogens with zero attached hydrogens (tertiary/aromatic N) is 3. The van der Waals surface area contributed by atoms with Crippen LogP contribution in [0.4, 0.5) is 0 Å². The van der Waals surface area contributed by atoms with Gasteiger partial charge >= 0.3 is 0 Å². The molecular formula is C12H15ClN4O2S. The minimum atomic E-state index is -3.61. The van der Waals surface area contributed by atoms with Gasteiger partial charge in [0, 0.05) is 19.8 Å². The van der Waals surface area contributed by atoms with Gasteiger partial charge in [0.15, 0.2) is 0 Å². The van der Waals surface area contributed by atoms with Crippen molar-refractivity contribution in [2.75, 3.05) is 0 Å². The molecule has 0 aliphatic rings. The van der Waals surface area contributed by atoms with Gasteiger partial charge in [-0.2, -0.15) is 5.10 Å². The van der Waals surface area contributed by atoms with Crippen molar-refractivity contribution in [3.63, 3.8) is 0 Å². The number of aromatic nitrogens is 3. The fourth-order valence-corrected chi connectivity index (χ4v) is 3.59. The Bertz CT molecular complexity index is 740. The number of sulfonamides is 1. The summed E-state index contributed by atoms with van der Waals surface area (Å²) in [4.78, 5) is 4.07. The standard InChI is InChI=1S/C12H15ClN4O2S/c1-8-12(9(2)17(3)16-8)20(18,19)15-7-10-4-5-14-11(13)6-10/h4-6,15H,7H2,1-3H3. The molecule has 1 N–H and O–H groups in total. The maximum Gasteiger partial charge on any atom is 0.244 e. The Balaban J connectivity index is 2.24. The molecule has 0 saturated carbocycles. The first-order chi connectivity index (χ1) is 9.31. The Morgan fingerprint density at radius 1 is 1.40 bits per heavy atom. The molecule has 6 nitrogen and oxygen atoms in total. The molecule has 0 fully saturated rings. The van der Waals surface area contributed by atoms with Gasteiger partial charge in [-0.3, -0.25) is 4.68 Å². The molecule has 0 amide bonds. The van der Waals surface area contributed by atoms with Gasteiger partial charge in [0.1, 0.15) is 10.0 Å². The van der Waals surface area contributed by atoms with E-state index in [2.05, 4.69) is 14.8 Å². The Morgan fingerprint density at radius 2 is 2.10 bits per heavy atom. The van der Waals surface area contributed by atoms with E-state index < -0.39 is 10.0 Å². The van der Waals surface area contributed by atoms with E-state index in [-0.39, 0.29) is 11.4 Å². The minimum Gasteiger partial charge on any atom is -0.271 e. The van der Waals surface area contributed by atoms with E-state index in [0.717, 1.165) is 5.56 Å². The lowest BCUT2D eigenvalue weighted by atomic mass is 10.3. The van der Waals surface area contributed by atoms with Gasteiger partial charge in [-0.15, -0.1) is 0 Å².